The van der Waals surface area contributed by atoms with Gasteiger partial charge in [0.15, 0.2) is 0 Å². The minimum Gasteiger partial charge on any atom is -0.348 e. The highest BCUT2D eigenvalue weighted by molar-refractivity contribution is 8.38. The fourth-order valence-corrected chi connectivity index (χ4v) is 5.61. The molecular formula is C21H26N4OS2. The summed E-state index contributed by atoms with van der Waals surface area (Å²) >= 11 is 3.24. The zero-order chi connectivity index (χ0) is 19.7. The maximum Gasteiger partial charge on any atom is 0.230 e. The van der Waals surface area contributed by atoms with Crippen molar-refractivity contribution in [3.05, 3.63) is 47.3 Å². The van der Waals surface area contributed by atoms with Gasteiger partial charge >= 0.3 is 0 Å². The second kappa shape index (κ2) is 7.95. The van der Waals surface area contributed by atoms with Crippen LogP contribution in [0.25, 0.3) is 0 Å². The summed E-state index contributed by atoms with van der Waals surface area (Å²) in [6.07, 6.45) is 5.02. The van der Waals surface area contributed by atoms with Crippen LogP contribution in [0.15, 0.2) is 35.5 Å². The number of aliphatic imine (C=N–C) groups is 1. The first-order chi connectivity index (χ1) is 13.4. The fraction of sp³-hybridized carbons (Fsp3) is 0.476. The Kier molecular flexibility index (Phi) is 5.56. The van der Waals surface area contributed by atoms with Gasteiger partial charge in [0.2, 0.25) is 5.91 Å². The lowest BCUT2D eigenvalue weighted by Gasteiger charge is -2.28. The van der Waals surface area contributed by atoms with Crippen LogP contribution in [0.1, 0.15) is 56.5 Å². The number of fused-ring (bicyclic) bond motifs is 2. The summed E-state index contributed by atoms with van der Waals surface area (Å²) in [6.45, 7) is 6.50. The molecule has 1 aromatic carbocycles. The van der Waals surface area contributed by atoms with Gasteiger partial charge in [-0.05, 0) is 51.7 Å². The monoisotopic (exact) mass is 414 g/mol. The number of nitrogens with zero attached hydrogens (tertiary/aromatic N) is 3. The molecule has 0 spiro atoms. The predicted octanol–water partition coefficient (Wildman–Crippen LogP) is 4.80. The van der Waals surface area contributed by atoms with Gasteiger partial charge in [0.25, 0.3) is 0 Å². The van der Waals surface area contributed by atoms with Crippen LogP contribution < -0.4 is 5.32 Å². The molecule has 1 aliphatic carbocycles. The average molecular weight is 415 g/mol. The Morgan fingerprint density at radius 1 is 1.36 bits per heavy atom. The van der Waals surface area contributed by atoms with E-state index in [1.807, 2.05) is 24.4 Å². The highest BCUT2D eigenvalue weighted by atomic mass is 32.2. The molecule has 1 amide bonds. The number of rotatable bonds is 3. The first-order valence-corrected chi connectivity index (χ1v) is 11.7. The summed E-state index contributed by atoms with van der Waals surface area (Å²) in [5, 5.41) is 7.83. The van der Waals surface area contributed by atoms with Crippen molar-refractivity contribution < 1.29 is 4.79 Å². The summed E-state index contributed by atoms with van der Waals surface area (Å²) in [6, 6.07) is 8.26. The molecule has 1 aromatic heterocycles. The van der Waals surface area contributed by atoms with Gasteiger partial charge in [-0.2, -0.15) is 5.10 Å². The molecule has 2 heterocycles. The molecule has 4 rings (SSSR count). The largest absolute Gasteiger partial charge is 0.348 e. The lowest BCUT2D eigenvalue weighted by atomic mass is 9.92. The van der Waals surface area contributed by atoms with Crippen molar-refractivity contribution in [2.45, 2.75) is 57.4 Å². The third-order valence-corrected chi connectivity index (χ3v) is 7.28. The fourth-order valence-electron chi connectivity index (χ4n) is 3.73. The van der Waals surface area contributed by atoms with E-state index in [2.05, 4.69) is 46.9 Å². The van der Waals surface area contributed by atoms with Gasteiger partial charge in [-0.1, -0.05) is 41.7 Å². The molecule has 28 heavy (non-hydrogen) atoms. The number of hydrogen-bond donors (Lipinski definition) is 1. The van der Waals surface area contributed by atoms with Crippen molar-refractivity contribution in [1.29, 1.82) is 0 Å². The Hall–Kier alpha value is -1.73. The van der Waals surface area contributed by atoms with Crippen LogP contribution in [0.4, 0.5) is 5.69 Å². The predicted molar refractivity (Wildman–Crippen MR) is 118 cm³/mol. The maximum absolute atomic E-state index is 12.6. The SMILES string of the molecule is CC(C)(C)n1ncc2c1CCC[C@H]2NC(=O)CSC1=Nc2ccccc2CS1. The minimum atomic E-state index is -0.0397. The summed E-state index contributed by atoms with van der Waals surface area (Å²) in [4.78, 5) is 17.3. The first-order valence-electron chi connectivity index (χ1n) is 9.70. The third kappa shape index (κ3) is 4.15. The van der Waals surface area contributed by atoms with E-state index in [9.17, 15) is 4.79 Å². The molecular weight excluding hydrogens is 388 g/mol. The summed E-state index contributed by atoms with van der Waals surface area (Å²) in [5.74, 6) is 1.38. The molecule has 1 aliphatic heterocycles. The van der Waals surface area contributed by atoms with Gasteiger partial charge in [0.1, 0.15) is 4.38 Å². The molecule has 2 aromatic rings. The lowest BCUT2D eigenvalue weighted by Crippen LogP contribution is -2.33. The van der Waals surface area contributed by atoms with Gasteiger partial charge in [-0.25, -0.2) is 4.99 Å². The first kappa shape index (κ1) is 19.6. The highest BCUT2D eigenvalue weighted by Gasteiger charge is 2.29. The van der Waals surface area contributed by atoms with E-state index >= 15 is 0 Å². The van der Waals surface area contributed by atoms with Crippen molar-refractivity contribution in [3.8, 4) is 0 Å². The van der Waals surface area contributed by atoms with Crippen LogP contribution in [-0.4, -0.2) is 25.8 Å². The number of nitrogens with one attached hydrogen (secondary N) is 1. The average Bonchev–Trinajstić information content (AvgIpc) is 3.12. The Balaban J connectivity index is 1.38. The topological polar surface area (TPSA) is 59.3 Å². The van der Waals surface area contributed by atoms with Crippen molar-refractivity contribution in [1.82, 2.24) is 15.1 Å². The van der Waals surface area contributed by atoms with Crippen molar-refractivity contribution in [3.63, 3.8) is 0 Å². The molecule has 0 saturated carbocycles. The lowest BCUT2D eigenvalue weighted by molar-refractivity contribution is -0.119. The van der Waals surface area contributed by atoms with Crippen LogP contribution in [0.3, 0.4) is 0 Å². The number of carbonyl (C=O) groups excluding carboxylic acids is 1. The van der Waals surface area contributed by atoms with E-state index in [1.165, 1.54) is 28.6 Å². The van der Waals surface area contributed by atoms with Gasteiger partial charge in [0, 0.05) is 17.0 Å². The molecule has 148 valence electrons. The Labute approximate surface area is 174 Å². The highest BCUT2D eigenvalue weighted by Crippen LogP contribution is 2.35. The number of thioether (sulfide) groups is 2. The van der Waals surface area contributed by atoms with E-state index in [0.717, 1.165) is 35.1 Å². The number of carbonyl (C=O) groups is 1. The van der Waals surface area contributed by atoms with Crippen molar-refractivity contribution >= 4 is 39.5 Å². The van der Waals surface area contributed by atoms with E-state index in [-0.39, 0.29) is 17.5 Å². The number of hydrogen-bond acceptors (Lipinski definition) is 5. The number of aromatic nitrogens is 2. The molecule has 0 radical (unpaired) electrons. The molecule has 7 heteroatoms. The third-order valence-electron chi connectivity index (χ3n) is 5.03. The van der Waals surface area contributed by atoms with Crippen LogP contribution in [0.5, 0.6) is 0 Å². The van der Waals surface area contributed by atoms with Crippen LogP contribution in [0, 0.1) is 0 Å². The summed E-state index contributed by atoms with van der Waals surface area (Å²) in [5.41, 5.74) is 4.68. The molecule has 0 saturated heterocycles. The van der Waals surface area contributed by atoms with Gasteiger partial charge in [-0.15, -0.1) is 0 Å². The number of amides is 1. The number of para-hydroxylation sites is 1. The zero-order valence-electron chi connectivity index (χ0n) is 16.6. The molecule has 0 bridgehead atoms. The second-order valence-corrected chi connectivity index (χ2v) is 10.4. The van der Waals surface area contributed by atoms with Gasteiger partial charge in [0.05, 0.1) is 29.2 Å². The standard InChI is InChI=1S/C21H26N4OS2/c1-21(2,3)25-18-10-6-9-17(15(18)11-22-25)23-19(26)13-28-20-24-16-8-5-4-7-14(16)12-27-20/h4-5,7-8,11,17H,6,9-10,12-13H2,1-3H3,(H,23,26)/t17-/m1/s1. The molecule has 2 aliphatic rings. The summed E-state index contributed by atoms with van der Waals surface area (Å²) in [7, 11) is 0. The van der Waals surface area contributed by atoms with E-state index in [1.54, 1.807) is 11.8 Å². The molecule has 1 atom stereocenters. The Morgan fingerprint density at radius 3 is 3.00 bits per heavy atom. The maximum atomic E-state index is 12.6. The summed E-state index contributed by atoms with van der Waals surface area (Å²) < 4.78 is 3.08. The zero-order valence-corrected chi connectivity index (χ0v) is 18.2. The molecule has 0 fully saturated rings. The second-order valence-electron chi connectivity index (χ2n) is 8.23. The van der Waals surface area contributed by atoms with E-state index < -0.39 is 0 Å². The Bertz CT molecular complexity index is 913. The normalized spacial score (nSPS) is 18.8. The number of benzene rings is 1. The van der Waals surface area contributed by atoms with E-state index in [4.69, 9.17) is 0 Å². The smallest absolute Gasteiger partial charge is 0.230 e. The quantitative estimate of drug-likeness (QED) is 0.784. The molecule has 1 N–H and O–H groups in total. The van der Waals surface area contributed by atoms with Crippen LogP contribution in [0.2, 0.25) is 0 Å². The Morgan fingerprint density at radius 2 is 2.18 bits per heavy atom. The van der Waals surface area contributed by atoms with Crippen LogP contribution in [-0.2, 0) is 22.5 Å². The van der Waals surface area contributed by atoms with E-state index in [0.29, 0.717) is 5.75 Å². The van der Waals surface area contributed by atoms with Gasteiger partial charge in [-0.3, -0.25) is 9.48 Å². The molecule has 0 unspecified atom stereocenters. The van der Waals surface area contributed by atoms with Crippen molar-refractivity contribution in [2.75, 3.05) is 5.75 Å². The minimum absolute atomic E-state index is 0.0397. The van der Waals surface area contributed by atoms with Crippen LogP contribution >= 0.6 is 23.5 Å². The van der Waals surface area contributed by atoms with Gasteiger partial charge < -0.3 is 5.32 Å². The van der Waals surface area contributed by atoms with Crippen molar-refractivity contribution in [2.24, 2.45) is 4.99 Å². The molecule has 5 nitrogen and oxygen atoms in total.